The van der Waals surface area contributed by atoms with Crippen molar-refractivity contribution in [2.45, 2.75) is 26.7 Å². The molecule has 0 bridgehead atoms. The lowest BCUT2D eigenvalue weighted by Crippen LogP contribution is -2.21. The topological polar surface area (TPSA) is 55.4 Å². The third-order valence-corrected chi connectivity index (χ3v) is 4.86. The maximum absolute atomic E-state index is 13.0. The number of hydrogen-bond acceptors (Lipinski definition) is 3. The first-order valence-electron chi connectivity index (χ1n) is 9.95. The molecule has 0 unspecified atom stereocenters. The van der Waals surface area contributed by atoms with Crippen LogP contribution in [-0.2, 0) is 17.6 Å². The average molecular weight is 405 g/mol. The van der Waals surface area contributed by atoms with Gasteiger partial charge in [-0.05, 0) is 72.5 Å². The van der Waals surface area contributed by atoms with Crippen LogP contribution in [0.2, 0.25) is 0 Å². The number of hydrogen-bond donors (Lipinski definition) is 1. The van der Waals surface area contributed by atoms with Crippen LogP contribution in [0.15, 0.2) is 66.7 Å². The zero-order valence-electron chi connectivity index (χ0n) is 17.1. The molecule has 0 saturated heterocycles. The Bertz CT molecular complexity index is 1010. The van der Waals surface area contributed by atoms with Crippen molar-refractivity contribution in [3.05, 3.63) is 94.8 Å². The third-order valence-electron chi connectivity index (χ3n) is 4.86. The van der Waals surface area contributed by atoms with Gasteiger partial charge in [-0.1, -0.05) is 32.0 Å². The van der Waals surface area contributed by atoms with E-state index < -0.39 is 0 Å². The van der Waals surface area contributed by atoms with Crippen molar-refractivity contribution < 1.29 is 18.7 Å². The van der Waals surface area contributed by atoms with Gasteiger partial charge in [-0.2, -0.15) is 0 Å². The second-order valence-electron chi connectivity index (χ2n) is 6.86. The number of para-hydroxylation sites is 1. The maximum atomic E-state index is 13.0. The number of nitrogens with one attached hydrogen (secondary N) is 1. The molecule has 3 aromatic rings. The Morgan fingerprint density at radius 2 is 1.37 bits per heavy atom. The summed E-state index contributed by atoms with van der Waals surface area (Å²) in [5.41, 5.74) is 3.91. The number of rotatable bonds is 8. The van der Waals surface area contributed by atoms with Gasteiger partial charge in [0, 0.05) is 16.8 Å². The van der Waals surface area contributed by atoms with Gasteiger partial charge in [0.2, 0.25) is 0 Å². The second kappa shape index (κ2) is 9.83. The first-order chi connectivity index (χ1) is 14.5. The molecule has 0 fully saturated rings. The van der Waals surface area contributed by atoms with Crippen molar-refractivity contribution in [3.8, 4) is 5.75 Å². The van der Waals surface area contributed by atoms with E-state index in [1.165, 1.54) is 24.3 Å². The predicted molar refractivity (Wildman–Crippen MR) is 116 cm³/mol. The molecule has 0 aromatic heterocycles. The molecule has 3 aromatic carbocycles. The van der Waals surface area contributed by atoms with E-state index in [1.807, 2.05) is 18.2 Å². The van der Waals surface area contributed by atoms with Gasteiger partial charge in [-0.3, -0.25) is 9.59 Å². The average Bonchev–Trinajstić information content (AvgIpc) is 2.78. The van der Waals surface area contributed by atoms with E-state index in [9.17, 15) is 14.0 Å². The summed E-state index contributed by atoms with van der Waals surface area (Å²) in [6.07, 6.45) is 1.65. The lowest BCUT2D eigenvalue weighted by atomic mass is 10.0. The van der Waals surface area contributed by atoms with Crippen LogP contribution in [0.3, 0.4) is 0 Å². The Morgan fingerprint density at radius 3 is 1.90 bits per heavy atom. The van der Waals surface area contributed by atoms with Gasteiger partial charge in [0.05, 0.1) is 0 Å². The molecule has 1 amide bonds. The first-order valence-corrected chi connectivity index (χ1v) is 9.95. The molecule has 0 heterocycles. The molecule has 0 spiro atoms. The Hall–Kier alpha value is -3.47. The minimum absolute atomic E-state index is 0.132. The largest absolute Gasteiger partial charge is 0.484 e. The summed E-state index contributed by atoms with van der Waals surface area (Å²) in [6.45, 7) is 3.97. The number of amides is 1. The lowest BCUT2D eigenvalue weighted by molar-refractivity contribution is -0.118. The zero-order valence-corrected chi connectivity index (χ0v) is 17.1. The number of aryl methyl sites for hydroxylation is 2. The molecule has 4 nitrogen and oxygen atoms in total. The molecule has 154 valence electrons. The minimum Gasteiger partial charge on any atom is -0.484 e. The van der Waals surface area contributed by atoms with E-state index in [-0.39, 0.29) is 24.1 Å². The van der Waals surface area contributed by atoms with Crippen LogP contribution in [0.1, 0.15) is 40.9 Å². The fourth-order valence-electron chi connectivity index (χ4n) is 3.20. The number of ketones is 1. The van der Waals surface area contributed by atoms with Crippen LogP contribution in [0.4, 0.5) is 10.1 Å². The summed E-state index contributed by atoms with van der Waals surface area (Å²) in [5, 5.41) is 2.96. The standard InChI is InChI=1S/C25H24FNO3/c1-3-17-6-5-7-18(4-2)24(17)27-23(28)16-30-22-14-10-20(11-15-22)25(29)19-8-12-21(26)13-9-19/h5-15H,3-4,16H2,1-2H3,(H,27,28). The molecule has 0 atom stereocenters. The Balaban J connectivity index is 1.61. The number of carbonyl (C=O) groups is 2. The number of benzene rings is 3. The van der Waals surface area contributed by atoms with Crippen molar-refractivity contribution >= 4 is 17.4 Å². The van der Waals surface area contributed by atoms with Crippen LogP contribution >= 0.6 is 0 Å². The summed E-state index contributed by atoms with van der Waals surface area (Å²) in [5.74, 6) is -0.346. The number of carbonyl (C=O) groups excluding carboxylic acids is 2. The highest BCUT2D eigenvalue weighted by Crippen LogP contribution is 2.23. The monoisotopic (exact) mass is 405 g/mol. The highest BCUT2D eigenvalue weighted by Gasteiger charge is 2.12. The minimum atomic E-state index is -0.388. The SMILES string of the molecule is CCc1cccc(CC)c1NC(=O)COc1ccc(C(=O)c2ccc(F)cc2)cc1. The van der Waals surface area contributed by atoms with E-state index in [0.717, 1.165) is 29.7 Å². The molecular weight excluding hydrogens is 381 g/mol. The molecule has 0 aliphatic rings. The smallest absolute Gasteiger partial charge is 0.262 e. The third kappa shape index (κ3) is 5.11. The summed E-state index contributed by atoms with van der Waals surface area (Å²) >= 11 is 0. The summed E-state index contributed by atoms with van der Waals surface area (Å²) in [4.78, 5) is 24.8. The van der Waals surface area contributed by atoms with Crippen molar-refractivity contribution in [2.24, 2.45) is 0 Å². The fraction of sp³-hybridized carbons (Fsp3) is 0.200. The van der Waals surface area contributed by atoms with Gasteiger partial charge in [0.25, 0.3) is 5.91 Å². The molecule has 0 saturated carbocycles. The van der Waals surface area contributed by atoms with Crippen LogP contribution < -0.4 is 10.1 Å². The Kier molecular flexibility index (Phi) is 6.96. The van der Waals surface area contributed by atoms with E-state index in [1.54, 1.807) is 24.3 Å². The summed E-state index contributed by atoms with van der Waals surface area (Å²) < 4.78 is 18.6. The Labute approximate surface area is 175 Å². The highest BCUT2D eigenvalue weighted by molar-refractivity contribution is 6.09. The van der Waals surface area contributed by atoms with Crippen molar-refractivity contribution in [1.82, 2.24) is 0 Å². The number of halogens is 1. The van der Waals surface area contributed by atoms with E-state index in [0.29, 0.717) is 16.9 Å². The second-order valence-corrected chi connectivity index (χ2v) is 6.86. The molecule has 5 heteroatoms. The summed E-state index contributed by atoms with van der Waals surface area (Å²) in [6, 6.07) is 18.0. The van der Waals surface area contributed by atoms with Crippen LogP contribution in [0, 0.1) is 5.82 Å². The molecule has 3 rings (SSSR count). The van der Waals surface area contributed by atoms with Crippen molar-refractivity contribution in [3.63, 3.8) is 0 Å². The van der Waals surface area contributed by atoms with E-state index in [2.05, 4.69) is 19.2 Å². The molecular formula is C25H24FNO3. The molecule has 1 N–H and O–H groups in total. The maximum Gasteiger partial charge on any atom is 0.262 e. The van der Waals surface area contributed by atoms with Gasteiger partial charge in [0.1, 0.15) is 11.6 Å². The van der Waals surface area contributed by atoms with Gasteiger partial charge in [0.15, 0.2) is 12.4 Å². The molecule has 30 heavy (non-hydrogen) atoms. The van der Waals surface area contributed by atoms with Crippen LogP contribution in [0.25, 0.3) is 0 Å². The van der Waals surface area contributed by atoms with E-state index >= 15 is 0 Å². The predicted octanol–water partition coefficient (Wildman–Crippen LogP) is 5.20. The number of anilines is 1. The lowest BCUT2D eigenvalue weighted by Gasteiger charge is -2.14. The fourth-order valence-corrected chi connectivity index (χ4v) is 3.20. The molecule has 0 aliphatic heterocycles. The summed E-state index contributed by atoms with van der Waals surface area (Å²) in [7, 11) is 0. The van der Waals surface area contributed by atoms with Crippen molar-refractivity contribution in [2.75, 3.05) is 11.9 Å². The normalized spacial score (nSPS) is 10.5. The van der Waals surface area contributed by atoms with Gasteiger partial charge < -0.3 is 10.1 Å². The highest BCUT2D eigenvalue weighted by atomic mass is 19.1. The van der Waals surface area contributed by atoms with Gasteiger partial charge in [-0.15, -0.1) is 0 Å². The van der Waals surface area contributed by atoms with Gasteiger partial charge >= 0.3 is 0 Å². The van der Waals surface area contributed by atoms with Gasteiger partial charge in [-0.25, -0.2) is 4.39 Å². The first kappa shape index (κ1) is 21.2. The quantitative estimate of drug-likeness (QED) is 0.524. The zero-order chi connectivity index (χ0) is 21.5. The van der Waals surface area contributed by atoms with E-state index in [4.69, 9.17) is 4.74 Å². The molecule has 0 radical (unpaired) electrons. The number of ether oxygens (including phenoxy) is 1. The Morgan fingerprint density at radius 1 is 0.833 bits per heavy atom. The molecule has 0 aliphatic carbocycles. The van der Waals surface area contributed by atoms with Crippen LogP contribution in [-0.4, -0.2) is 18.3 Å². The van der Waals surface area contributed by atoms with Crippen molar-refractivity contribution in [1.29, 1.82) is 0 Å². The van der Waals surface area contributed by atoms with Crippen LogP contribution in [0.5, 0.6) is 5.75 Å².